The van der Waals surface area contributed by atoms with Gasteiger partial charge in [-0.3, -0.25) is 14.9 Å². The number of ether oxygens (including phenoxy) is 1. The van der Waals surface area contributed by atoms with Crippen molar-refractivity contribution in [2.45, 2.75) is 26.4 Å². The Bertz CT molecular complexity index is 836. The molecule has 0 aliphatic rings. The van der Waals surface area contributed by atoms with Gasteiger partial charge in [-0.1, -0.05) is 19.1 Å². The summed E-state index contributed by atoms with van der Waals surface area (Å²) < 4.78 is 18.4. The molecule has 0 unspecified atom stereocenters. The molecule has 0 aliphatic heterocycles. The summed E-state index contributed by atoms with van der Waals surface area (Å²) in [6.07, 6.45) is -0.310. The molecule has 0 radical (unpaired) electrons. The van der Waals surface area contributed by atoms with Crippen molar-refractivity contribution in [2.75, 3.05) is 5.32 Å². The van der Waals surface area contributed by atoms with Crippen LogP contribution in [0.1, 0.15) is 29.8 Å². The first-order valence-corrected chi connectivity index (χ1v) is 7.86. The van der Waals surface area contributed by atoms with Gasteiger partial charge in [-0.15, -0.1) is 0 Å². The van der Waals surface area contributed by atoms with E-state index >= 15 is 0 Å². The summed E-state index contributed by atoms with van der Waals surface area (Å²) in [5, 5.41) is 13.1. The molecule has 7 nitrogen and oxygen atoms in total. The minimum absolute atomic E-state index is 0.0262. The largest absolute Gasteiger partial charge is 0.449 e. The fourth-order valence-corrected chi connectivity index (χ4v) is 2.13. The van der Waals surface area contributed by atoms with Crippen LogP contribution in [-0.4, -0.2) is 22.9 Å². The summed E-state index contributed by atoms with van der Waals surface area (Å²) in [5.41, 5.74) is 0.631. The Hall–Kier alpha value is -3.29. The van der Waals surface area contributed by atoms with E-state index in [2.05, 4.69) is 5.32 Å². The zero-order valence-corrected chi connectivity index (χ0v) is 14.2. The number of aryl methyl sites for hydroxylation is 1. The standard InChI is InChI=1S/C18H17FN2O5/c1-3-12-4-6-13(7-5-12)18(23)26-11(2)17(22)20-14-8-9-15(19)16(10-14)21(24)25/h4-11H,3H2,1-2H3,(H,20,22)/t11-/m0/s1. The normalized spacial score (nSPS) is 11.5. The number of nitrogens with zero attached hydrogens (tertiary/aromatic N) is 1. The summed E-state index contributed by atoms with van der Waals surface area (Å²) in [6, 6.07) is 9.74. The van der Waals surface area contributed by atoms with E-state index in [1.165, 1.54) is 13.0 Å². The molecule has 136 valence electrons. The van der Waals surface area contributed by atoms with E-state index in [1.54, 1.807) is 24.3 Å². The van der Waals surface area contributed by atoms with Gasteiger partial charge in [0.05, 0.1) is 10.5 Å². The maximum Gasteiger partial charge on any atom is 0.338 e. The van der Waals surface area contributed by atoms with Crippen molar-refractivity contribution in [3.8, 4) is 0 Å². The van der Waals surface area contributed by atoms with Crippen LogP contribution in [0.15, 0.2) is 42.5 Å². The highest BCUT2D eigenvalue weighted by molar-refractivity contribution is 5.97. The molecule has 8 heteroatoms. The van der Waals surface area contributed by atoms with Gasteiger partial charge in [0.25, 0.3) is 5.91 Å². The van der Waals surface area contributed by atoms with Crippen LogP contribution < -0.4 is 5.32 Å². The lowest BCUT2D eigenvalue weighted by molar-refractivity contribution is -0.387. The van der Waals surface area contributed by atoms with Crippen molar-refractivity contribution in [3.63, 3.8) is 0 Å². The molecule has 0 aliphatic carbocycles. The smallest absolute Gasteiger partial charge is 0.338 e. The first-order valence-electron chi connectivity index (χ1n) is 7.86. The number of anilines is 1. The van der Waals surface area contributed by atoms with E-state index in [4.69, 9.17) is 4.74 Å². The topological polar surface area (TPSA) is 98.5 Å². The second-order valence-electron chi connectivity index (χ2n) is 5.51. The summed E-state index contributed by atoms with van der Waals surface area (Å²) in [4.78, 5) is 34.0. The number of nitro groups is 1. The highest BCUT2D eigenvalue weighted by Gasteiger charge is 2.21. The van der Waals surface area contributed by atoms with Crippen molar-refractivity contribution in [1.29, 1.82) is 0 Å². The number of hydrogen-bond acceptors (Lipinski definition) is 5. The predicted octanol–water partition coefficient (Wildman–Crippen LogP) is 3.48. The first kappa shape index (κ1) is 19.0. The average Bonchev–Trinajstić information content (AvgIpc) is 2.62. The van der Waals surface area contributed by atoms with Crippen LogP contribution >= 0.6 is 0 Å². The molecule has 0 spiro atoms. The molecular weight excluding hydrogens is 343 g/mol. The summed E-state index contributed by atoms with van der Waals surface area (Å²) in [5.74, 6) is -2.37. The van der Waals surface area contributed by atoms with Crippen molar-refractivity contribution in [3.05, 3.63) is 69.5 Å². The molecule has 2 rings (SSSR count). The maximum atomic E-state index is 13.3. The monoisotopic (exact) mass is 360 g/mol. The lowest BCUT2D eigenvalue weighted by Crippen LogP contribution is -2.30. The summed E-state index contributed by atoms with van der Waals surface area (Å²) >= 11 is 0. The van der Waals surface area contributed by atoms with Gasteiger partial charge in [-0.25, -0.2) is 4.79 Å². The molecule has 0 saturated carbocycles. The number of nitro benzene ring substituents is 1. The SMILES string of the molecule is CCc1ccc(C(=O)O[C@@H](C)C(=O)Nc2ccc(F)c([N+](=O)[O-])c2)cc1. The molecule has 0 heterocycles. The number of carbonyl (C=O) groups is 2. The highest BCUT2D eigenvalue weighted by Crippen LogP contribution is 2.22. The van der Waals surface area contributed by atoms with Gasteiger partial charge < -0.3 is 10.1 Å². The van der Waals surface area contributed by atoms with Crippen molar-refractivity contribution in [1.82, 2.24) is 0 Å². The van der Waals surface area contributed by atoms with E-state index in [9.17, 15) is 24.1 Å². The lowest BCUT2D eigenvalue weighted by Gasteiger charge is -2.13. The van der Waals surface area contributed by atoms with Gasteiger partial charge >= 0.3 is 11.7 Å². The van der Waals surface area contributed by atoms with Crippen LogP contribution in [0.4, 0.5) is 15.8 Å². The molecule has 26 heavy (non-hydrogen) atoms. The molecular formula is C18H17FN2O5. The van der Waals surface area contributed by atoms with Gasteiger partial charge in [-0.05, 0) is 43.2 Å². The van der Waals surface area contributed by atoms with Crippen LogP contribution in [0.3, 0.4) is 0 Å². The third-order valence-corrected chi connectivity index (χ3v) is 3.66. The van der Waals surface area contributed by atoms with Crippen molar-refractivity contribution in [2.24, 2.45) is 0 Å². The Kier molecular flexibility index (Phi) is 6.00. The Balaban J connectivity index is 2.01. The minimum Gasteiger partial charge on any atom is -0.449 e. The molecule has 1 atom stereocenters. The van der Waals surface area contributed by atoms with Gasteiger partial charge in [-0.2, -0.15) is 4.39 Å². The summed E-state index contributed by atoms with van der Waals surface area (Å²) in [6.45, 7) is 3.35. The Morgan fingerprint density at radius 1 is 1.23 bits per heavy atom. The first-order chi connectivity index (χ1) is 12.3. The molecule has 1 amide bonds. The maximum absolute atomic E-state index is 13.3. The molecule has 0 saturated heterocycles. The summed E-state index contributed by atoms with van der Waals surface area (Å²) in [7, 11) is 0. The lowest BCUT2D eigenvalue weighted by atomic mass is 10.1. The van der Waals surface area contributed by atoms with E-state index in [0.29, 0.717) is 5.56 Å². The van der Waals surface area contributed by atoms with Crippen LogP contribution in [0, 0.1) is 15.9 Å². The Morgan fingerprint density at radius 3 is 2.46 bits per heavy atom. The van der Waals surface area contributed by atoms with Crippen LogP contribution in [0.2, 0.25) is 0 Å². The van der Waals surface area contributed by atoms with Gasteiger partial charge in [0.2, 0.25) is 5.82 Å². The molecule has 0 fully saturated rings. The molecule has 2 aromatic rings. The fraction of sp³-hybridized carbons (Fsp3) is 0.222. The second kappa shape index (κ2) is 8.19. The number of hydrogen-bond donors (Lipinski definition) is 1. The van der Waals surface area contributed by atoms with Crippen LogP contribution in [0.25, 0.3) is 0 Å². The van der Waals surface area contributed by atoms with E-state index in [0.717, 1.165) is 24.1 Å². The van der Waals surface area contributed by atoms with E-state index in [-0.39, 0.29) is 5.69 Å². The number of nitrogens with one attached hydrogen (secondary N) is 1. The second-order valence-corrected chi connectivity index (χ2v) is 5.51. The molecule has 0 aromatic heterocycles. The number of esters is 1. The zero-order chi connectivity index (χ0) is 19.3. The zero-order valence-electron chi connectivity index (χ0n) is 14.2. The molecule has 2 aromatic carbocycles. The number of amides is 1. The quantitative estimate of drug-likeness (QED) is 0.483. The minimum atomic E-state index is -1.14. The highest BCUT2D eigenvalue weighted by atomic mass is 19.1. The average molecular weight is 360 g/mol. The molecule has 1 N–H and O–H groups in total. The van der Waals surface area contributed by atoms with Crippen LogP contribution in [-0.2, 0) is 16.0 Å². The Morgan fingerprint density at radius 2 is 1.88 bits per heavy atom. The number of benzene rings is 2. The van der Waals surface area contributed by atoms with Gasteiger partial charge in [0.1, 0.15) is 0 Å². The Labute approximate surface area is 148 Å². The molecule has 0 bridgehead atoms. The van der Waals surface area contributed by atoms with Gasteiger partial charge in [0, 0.05) is 11.8 Å². The van der Waals surface area contributed by atoms with E-state index in [1.807, 2.05) is 6.92 Å². The predicted molar refractivity (Wildman–Crippen MR) is 92.4 cm³/mol. The van der Waals surface area contributed by atoms with Crippen molar-refractivity contribution < 1.29 is 23.6 Å². The third kappa shape index (κ3) is 4.62. The number of halogens is 1. The van der Waals surface area contributed by atoms with Gasteiger partial charge in [0.15, 0.2) is 6.10 Å². The number of carbonyl (C=O) groups excluding carboxylic acids is 2. The van der Waals surface area contributed by atoms with Crippen molar-refractivity contribution >= 4 is 23.3 Å². The third-order valence-electron chi connectivity index (χ3n) is 3.66. The van der Waals surface area contributed by atoms with Crippen LogP contribution in [0.5, 0.6) is 0 Å². The number of rotatable bonds is 6. The fourth-order valence-electron chi connectivity index (χ4n) is 2.13. The van der Waals surface area contributed by atoms with E-state index < -0.39 is 34.4 Å².